The number of carbonyl (C=O) groups is 2. The summed E-state index contributed by atoms with van der Waals surface area (Å²) in [6.07, 6.45) is 3.26. The lowest BCUT2D eigenvalue weighted by Gasteiger charge is -2.16. The Hall–Kier alpha value is -4.11. The number of hydrogen-bond acceptors (Lipinski definition) is 7. The van der Waals surface area contributed by atoms with E-state index in [4.69, 9.17) is 0 Å². The van der Waals surface area contributed by atoms with Crippen LogP contribution in [0.25, 0.3) is 6.08 Å². The molecule has 31 heavy (non-hydrogen) atoms. The van der Waals surface area contributed by atoms with Crippen LogP contribution in [0.3, 0.4) is 0 Å². The van der Waals surface area contributed by atoms with Crippen molar-refractivity contribution in [1.82, 2.24) is 4.98 Å². The van der Waals surface area contributed by atoms with Crippen LogP contribution in [0.1, 0.15) is 16.8 Å². The van der Waals surface area contributed by atoms with Gasteiger partial charge in [0.2, 0.25) is 0 Å². The zero-order valence-corrected chi connectivity index (χ0v) is 17.1. The monoisotopic (exact) mass is 432 g/mol. The van der Waals surface area contributed by atoms with Gasteiger partial charge in [0.05, 0.1) is 5.69 Å². The van der Waals surface area contributed by atoms with E-state index in [-0.39, 0.29) is 17.3 Å². The Morgan fingerprint density at radius 2 is 1.97 bits per heavy atom. The molecule has 0 fully saturated rings. The number of aliphatic carboxylic acids is 1. The molecule has 0 saturated heterocycles. The highest BCUT2D eigenvalue weighted by atomic mass is 32.1. The van der Waals surface area contributed by atoms with Gasteiger partial charge in [0.25, 0.3) is 5.91 Å². The number of carbonyl (C=O) groups excluding carboxylic acids is 1. The van der Waals surface area contributed by atoms with Gasteiger partial charge < -0.3 is 9.94 Å². The van der Waals surface area contributed by atoms with Gasteiger partial charge in [-0.2, -0.15) is 0 Å². The minimum absolute atomic E-state index is 0.233. The molecule has 0 atom stereocenters. The molecule has 9 heteroatoms. The highest BCUT2D eigenvalue weighted by molar-refractivity contribution is 7.15. The molecule has 1 amide bonds. The molecule has 0 spiro atoms. The van der Waals surface area contributed by atoms with Crippen LogP contribution in [-0.2, 0) is 14.4 Å². The smallest absolute Gasteiger partial charge is 0.358 e. The maximum Gasteiger partial charge on any atom is 0.358 e. The molecule has 0 saturated carbocycles. The van der Waals surface area contributed by atoms with Gasteiger partial charge in [-0.1, -0.05) is 41.6 Å². The minimum atomic E-state index is -1.23. The fourth-order valence-corrected chi connectivity index (χ4v) is 3.87. The number of aromatic nitrogens is 1. The fraction of sp³-hybridized carbons (Fsp3) is 0.0455. The van der Waals surface area contributed by atoms with Crippen LogP contribution in [0.2, 0.25) is 0 Å². The average molecular weight is 432 g/mol. The third-order valence-corrected chi connectivity index (χ3v) is 5.24. The van der Waals surface area contributed by atoms with E-state index in [1.165, 1.54) is 23.3 Å². The van der Waals surface area contributed by atoms with Gasteiger partial charge in [-0.05, 0) is 24.3 Å². The summed E-state index contributed by atoms with van der Waals surface area (Å²) in [6, 6.07) is 16.3. The normalized spacial score (nSPS) is 15.3. The van der Waals surface area contributed by atoms with E-state index in [9.17, 15) is 14.7 Å². The molecule has 8 nitrogen and oxygen atoms in total. The lowest BCUT2D eigenvalue weighted by Crippen LogP contribution is -2.32. The van der Waals surface area contributed by atoms with Gasteiger partial charge in [0.1, 0.15) is 23.6 Å². The van der Waals surface area contributed by atoms with E-state index in [0.717, 1.165) is 5.56 Å². The van der Waals surface area contributed by atoms with Crippen molar-refractivity contribution < 1.29 is 19.5 Å². The lowest BCUT2D eigenvalue weighted by atomic mass is 10.2. The second kappa shape index (κ2) is 8.72. The molecule has 1 aliphatic heterocycles. The molecule has 0 unspecified atom stereocenters. The number of hydrogen-bond donors (Lipinski definition) is 1. The number of thiophene rings is 1. The summed E-state index contributed by atoms with van der Waals surface area (Å²) >= 11 is 1.21. The first kappa shape index (κ1) is 20.2. The van der Waals surface area contributed by atoms with E-state index < -0.39 is 5.97 Å². The Kier molecular flexibility index (Phi) is 5.67. The van der Waals surface area contributed by atoms with Gasteiger partial charge in [-0.25, -0.2) is 14.7 Å². The SMILES string of the molecule is CO/N=C(\C(=O)O)c1csc(N2C(=O)/C(=C/c3ccccn3)N=C2c2ccccc2)c1. The summed E-state index contributed by atoms with van der Waals surface area (Å²) in [5.74, 6) is -1.12. The Labute approximate surface area is 181 Å². The van der Waals surface area contributed by atoms with E-state index in [1.807, 2.05) is 36.4 Å². The minimum Gasteiger partial charge on any atom is -0.476 e. The Morgan fingerprint density at radius 1 is 1.19 bits per heavy atom. The van der Waals surface area contributed by atoms with Gasteiger partial charge in [0.15, 0.2) is 5.71 Å². The molecule has 0 aliphatic carbocycles. The second-order valence-corrected chi connectivity index (χ2v) is 7.22. The third-order valence-electron chi connectivity index (χ3n) is 4.33. The summed E-state index contributed by atoms with van der Waals surface area (Å²) in [6.45, 7) is 0. The number of carboxylic acid groups (broad SMARTS) is 1. The molecule has 1 N–H and O–H groups in total. The molecule has 1 aliphatic rings. The standard InChI is InChI=1S/C22H16N4O4S/c1-30-25-19(22(28)29)15-11-18(31-13-15)26-20(14-7-3-2-4-8-14)24-17(21(26)27)12-16-9-5-6-10-23-16/h2-13H,1H3,(H,28,29)/b17-12-,25-19-. The van der Waals surface area contributed by atoms with Crippen molar-refractivity contribution in [2.24, 2.45) is 10.1 Å². The maximum absolute atomic E-state index is 13.3. The van der Waals surface area contributed by atoms with Gasteiger partial charge in [0, 0.05) is 22.7 Å². The van der Waals surface area contributed by atoms with Crippen molar-refractivity contribution in [1.29, 1.82) is 0 Å². The number of aliphatic imine (C=N–C) groups is 1. The Morgan fingerprint density at radius 3 is 2.65 bits per heavy atom. The number of nitrogens with zero attached hydrogens (tertiary/aromatic N) is 4. The molecular weight excluding hydrogens is 416 g/mol. The highest BCUT2D eigenvalue weighted by Gasteiger charge is 2.34. The fourth-order valence-electron chi connectivity index (χ4n) is 2.98. The highest BCUT2D eigenvalue weighted by Crippen LogP contribution is 2.33. The van der Waals surface area contributed by atoms with Crippen molar-refractivity contribution in [3.63, 3.8) is 0 Å². The Balaban J connectivity index is 1.78. The molecule has 3 aromatic rings. The van der Waals surface area contributed by atoms with E-state index in [2.05, 4.69) is 20.0 Å². The number of anilines is 1. The summed E-state index contributed by atoms with van der Waals surface area (Å²) in [4.78, 5) is 39.7. The van der Waals surface area contributed by atoms with E-state index in [1.54, 1.807) is 35.9 Å². The first-order valence-electron chi connectivity index (χ1n) is 9.13. The quantitative estimate of drug-likeness (QED) is 0.365. The predicted molar refractivity (Wildman–Crippen MR) is 118 cm³/mol. The molecule has 0 radical (unpaired) electrons. The van der Waals surface area contributed by atoms with Gasteiger partial charge >= 0.3 is 5.97 Å². The lowest BCUT2D eigenvalue weighted by molar-refractivity contribution is -0.129. The first-order chi connectivity index (χ1) is 15.1. The molecule has 0 bridgehead atoms. The van der Waals surface area contributed by atoms with Crippen LogP contribution in [-0.4, -0.2) is 40.6 Å². The summed E-state index contributed by atoms with van der Waals surface area (Å²) in [7, 11) is 1.27. The molecule has 154 valence electrons. The van der Waals surface area contributed by atoms with Crippen LogP contribution in [0.4, 0.5) is 5.00 Å². The van der Waals surface area contributed by atoms with Crippen molar-refractivity contribution in [3.05, 3.63) is 88.7 Å². The molecule has 2 aromatic heterocycles. The van der Waals surface area contributed by atoms with E-state index in [0.29, 0.717) is 22.1 Å². The van der Waals surface area contributed by atoms with E-state index >= 15 is 0 Å². The molecule has 4 rings (SSSR count). The number of rotatable bonds is 6. The summed E-state index contributed by atoms with van der Waals surface area (Å²) in [5.41, 5.74) is 1.67. The van der Waals surface area contributed by atoms with Crippen LogP contribution in [0.5, 0.6) is 0 Å². The van der Waals surface area contributed by atoms with Crippen LogP contribution in [0.15, 0.2) is 82.0 Å². The zero-order chi connectivity index (χ0) is 21.8. The van der Waals surface area contributed by atoms with Crippen LogP contribution >= 0.6 is 11.3 Å². The number of amidine groups is 1. The number of oxime groups is 1. The summed E-state index contributed by atoms with van der Waals surface area (Å²) in [5, 5.41) is 15.1. The molecular formula is C22H16N4O4S. The van der Waals surface area contributed by atoms with Crippen LogP contribution in [0, 0.1) is 0 Å². The van der Waals surface area contributed by atoms with Crippen molar-refractivity contribution >= 4 is 45.8 Å². The average Bonchev–Trinajstić information content (AvgIpc) is 3.38. The first-order valence-corrected chi connectivity index (χ1v) is 10.0. The topological polar surface area (TPSA) is 104 Å². The van der Waals surface area contributed by atoms with Crippen molar-refractivity contribution in [3.8, 4) is 0 Å². The largest absolute Gasteiger partial charge is 0.476 e. The number of pyridine rings is 1. The third kappa shape index (κ3) is 4.12. The molecule has 3 heterocycles. The predicted octanol–water partition coefficient (Wildman–Crippen LogP) is 3.41. The number of benzene rings is 1. The molecule has 1 aromatic carbocycles. The Bertz CT molecular complexity index is 1220. The van der Waals surface area contributed by atoms with Crippen molar-refractivity contribution in [2.45, 2.75) is 0 Å². The van der Waals surface area contributed by atoms with Crippen molar-refractivity contribution in [2.75, 3.05) is 12.0 Å². The summed E-state index contributed by atoms with van der Waals surface area (Å²) < 4.78 is 0. The maximum atomic E-state index is 13.3. The number of amides is 1. The van der Waals surface area contributed by atoms with Crippen LogP contribution < -0.4 is 4.90 Å². The number of carboxylic acids is 1. The van der Waals surface area contributed by atoms with Gasteiger partial charge in [-0.15, -0.1) is 11.3 Å². The zero-order valence-electron chi connectivity index (χ0n) is 16.3. The van der Waals surface area contributed by atoms with Gasteiger partial charge in [-0.3, -0.25) is 9.78 Å². The second-order valence-electron chi connectivity index (χ2n) is 6.33.